The summed E-state index contributed by atoms with van der Waals surface area (Å²) in [7, 11) is 0. The van der Waals surface area contributed by atoms with Crippen molar-refractivity contribution in [3.05, 3.63) is 28.3 Å². The van der Waals surface area contributed by atoms with E-state index in [1.165, 1.54) is 31.7 Å². The van der Waals surface area contributed by atoms with Crippen LogP contribution in [0.1, 0.15) is 46.0 Å². The van der Waals surface area contributed by atoms with Crippen molar-refractivity contribution in [3.8, 4) is 0 Å². The van der Waals surface area contributed by atoms with Gasteiger partial charge in [-0.25, -0.2) is 0 Å². The summed E-state index contributed by atoms with van der Waals surface area (Å²) < 4.78 is 0. The number of hydrogen-bond acceptors (Lipinski definition) is 4. The smallest absolute Gasteiger partial charge is 0.271 e. The molecule has 0 aromatic heterocycles. The zero-order valence-corrected chi connectivity index (χ0v) is 12.9. The Hall–Kier alpha value is -1.78. The summed E-state index contributed by atoms with van der Waals surface area (Å²) in [5, 5.41) is 10.8. The lowest BCUT2D eigenvalue weighted by atomic mass is 10.1. The lowest BCUT2D eigenvalue weighted by Gasteiger charge is -2.32. The minimum absolute atomic E-state index is 0.0616. The third-order valence-corrected chi connectivity index (χ3v) is 4.24. The Balaban J connectivity index is 2.24. The van der Waals surface area contributed by atoms with Crippen molar-refractivity contribution in [1.82, 2.24) is 0 Å². The molecule has 1 aliphatic rings. The molecular formula is C16H25N3O2. The van der Waals surface area contributed by atoms with Gasteiger partial charge in [0.05, 0.1) is 16.3 Å². The van der Waals surface area contributed by atoms with Crippen LogP contribution < -0.4 is 10.6 Å². The largest absolute Gasteiger partial charge is 0.397 e. The maximum Gasteiger partial charge on any atom is 0.271 e. The van der Waals surface area contributed by atoms with E-state index in [-0.39, 0.29) is 5.69 Å². The number of nitrogens with zero attached hydrogens (tertiary/aromatic N) is 2. The molecule has 0 spiro atoms. The van der Waals surface area contributed by atoms with Crippen LogP contribution in [0.4, 0.5) is 17.1 Å². The Morgan fingerprint density at radius 2 is 2.05 bits per heavy atom. The number of nitrogen functional groups attached to an aromatic ring is 1. The first-order valence-electron chi connectivity index (χ1n) is 7.79. The maximum absolute atomic E-state index is 10.8. The summed E-state index contributed by atoms with van der Waals surface area (Å²) in [4.78, 5) is 12.8. The second-order valence-corrected chi connectivity index (χ2v) is 6.31. The highest BCUT2D eigenvalue weighted by Gasteiger charge is 2.25. The van der Waals surface area contributed by atoms with Gasteiger partial charge in [0.25, 0.3) is 5.69 Å². The number of benzene rings is 1. The zero-order valence-electron chi connectivity index (χ0n) is 12.9. The Bertz CT molecular complexity index is 496. The SMILES string of the molecule is CC(C)CCN(c1ccc([N+](=O)[O-])cc1N)C1CCCC1. The number of non-ortho nitro benzene ring substituents is 1. The minimum atomic E-state index is -0.395. The van der Waals surface area contributed by atoms with E-state index in [2.05, 4.69) is 18.7 Å². The molecule has 5 heteroatoms. The molecule has 2 rings (SSSR count). The van der Waals surface area contributed by atoms with Crippen molar-refractivity contribution in [1.29, 1.82) is 0 Å². The van der Waals surface area contributed by atoms with Crippen molar-refractivity contribution in [2.45, 2.75) is 52.0 Å². The Morgan fingerprint density at radius 1 is 1.38 bits per heavy atom. The van der Waals surface area contributed by atoms with Gasteiger partial charge in [-0.2, -0.15) is 0 Å². The molecule has 0 radical (unpaired) electrons. The van der Waals surface area contributed by atoms with Crippen molar-refractivity contribution in [2.24, 2.45) is 5.92 Å². The molecule has 0 heterocycles. The lowest BCUT2D eigenvalue weighted by Crippen LogP contribution is -2.35. The molecule has 0 bridgehead atoms. The fourth-order valence-corrected chi connectivity index (χ4v) is 3.03. The number of nitro benzene ring substituents is 1. The number of nitro groups is 1. The fourth-order valence-electron chi connectivity index (χ4n) is 3.03. The first-order chi connectivity index (χ1) is 9.99. The molecule has 0 unspecified atom stereocenters. The van der Waals surface area contributed by atoms with E-state index in [9.17, 15) is 10.1 Å². The third-order valence-electron chi connectivity index (χ3n) is 4.24. The van der Waals surface area contributed by atoms with Gasteiger partial charge in [-0.15, -0.1) is 0 Å². The van der Waals surface area contributed by atoms with Gasteiger partial charge in [0, 0.05) is 24.7 Å². The van der Waals surface area contributed by atoms with Crippen molar-refractivity contribution < 1.29 is 4.92 Å². The Morgan fingerprint density at radius 3 is 2.57 bits per heavy atom. The zero-order chi connectivity index (χ0) is 15.4. The van der Waals surface area contributed by atoms with Crippen LogP contribution >= 0.6 is 0 Å². The minimum Gasteiger partial charge on any atom is -0.397 e. The van der Waals surface area contributed by atoms with Gasteiger partial charge < -0.3 is 10.6 Å². The predicted octanol–water partition coefficient (Wildman–Crippen LogP) is 3.97. The molecule has 1 fully saturated rings. The monoisotopic (exact) mass is 291 g/mol. The maximum atomic E-state index is 10.8. The lowest BCUT2D eigenvalue weighted by molar-refractivity contribution is -0.384. The highest BCUT2D eigenvalue weighted by atomic mass is 16.6. The van der Waals surface area contributed by atoms with Crippen molar-refractivity contribution >= 4 is 17.1 Å². The van der Waals surface area contributed by atoms with Crippen molar-refractivity contribution in [2.75, 3.05) is 17.2 Å². The van der Waals surface area contributed by atoms with Gasteiger partial charge in [-0.3, -0.25) is 10.1 Å². The molecule has 1 aromatic carbocycles. The summed E-state index contributed by atoms with van der Waals surface area (Å²) in [6.45, 7) is 5.39. The van der Waals surface area contributed by atoms with E-state index in [0.717, 1.165) is 18.7 Å². The van der Waals surface area contributed by atoms with Crippen LogP contribution in [-0.2, 0) is 0 Å². The normalized spacial score (nSPS) is 15.6. The first kappa shape index (κ1) is 15.6. The molecule has 2 N–H and O–H groups in total. The topological polar surface area (TPSA) is 72.4 Å². The van der Waals surface area contributed by atoms with Crippen LogP contribution in [0.3, 0.4) is 0 Å². The highest BCUT2D eigenvalue weighted by molar-refractivity contribution is 5.71. The van der Waals surface area contributed by atoms with E-state index >= 15 is 0 Å². The van der Waals surface area contributed by atoms with Crippen LogP contribution in [0.5, 0.6) is 0 Å². The number of nitrogens with two attached hydrogens (primary N) is 1. The second-order valence-electron chi connectivity index (χ2n) is 6.31. The molecule has 0 amide bonds. The van der Waals surface area contributed by atoms with Crippen molar-refractivity contribution in [3.63, 3.8) is 0 Å². The first-order valence-corrected chi connectivity index (χ1v) is 7.79. The summed E-state index contributed by atoms with van der Waals surface area (Å²) >= 11 is 0. The molecule has 1 saturated carbocycles. The summed E-state index contributed by atoms with van der Waals surface area (Å²) in [6.07, 6.45) is 6.00. The predicted molar refractivity (Wildman–Crippen MR) is 86.6 cm³/mol. The Labute approximate surface area is 126 Å². The van der Waals surface area contributed by atoms with Gasteiger partial charge in [0.15, 0.2) is 0 Å². The molecule has 0 saturated heterocycles. The standard InChI is InChI=1S/C16H25N3O2/c1-12(2)9-10-18(13-5-3-4-6-13)16-8-7-14(19(20)21)11-15(16)17/h7-8,11-13H,3-6,9-10,17H2,1-2H3. The molecule has 0 atom stereocenters. The summed E-state index contributed by atoms with van der Waals surface area (Å²) in [6, 6.07) is 5.37. The second kappa shape index (κ2) is 6.78. The molecular weight excluding hydrogens is 266 g/mol. The van der Waals surface area contributed by atoms with Crippen LogP contribution in [-0.4, -0.2) is 17.5 Å². The van der Waals surface area contributed by atoms with E-state index in [1.54, 1.807) is 6.07 Å². The van der Waals surface area contributed by atoms with E-state index < -0.39 is 4.92 Å². The van der Waals surface area contributed by atoms with Gasteiger partial charge in [0.2, 0.25) is 0 Å². The average molecular weight is 291 g/mol. The quantitative estimate of drug-likeness (QED) is 0.489. The van der Waals surface area contributed by atoms with Gasteiger partial charge >= 0.3 is 0 Å². The van der Waals surface area contributed by atoms with Crippen LogP contribution in [0.25, 0.3) is 0 Å². The number of rotatable bonds is 6. The summed E-state index contributed by atoms with van der Waals surface area (Å²) in [5.41, 5.74) is 7.62. The third kappa shape index (κ3) is 3.86. The molecule has 5 nitrogen and oxygen atoms in total. The number of hydrogen-bond donors (Lipinski definition) is 1. The highest BCUT2D eigenvalue weighted by Crippen LogP contribution is 2.34. The van der Waals surface area contributed by atoms with Gasteiger partial charge in [0.1, 0.15) is 0 Å². The summed E-state index contributed by atoms with van der Waals surface area (Å²) in [5.74, 6) is 0.633. The van der Waals surface area contributed by atoms with Crippen LogP contribution in [0.2, 0.25) is 0 Å². The average Bonchev–Trinajstić information content (AvgIpc) is 2.94. The molecule has 1 aromatic rings. The molecule has 0 aliphatic heterocycles. The fraction of sp³-hybridized carbons (Fsp3) is 0.625. The van der Waals surface area contributed by atoms with E-state index in [1.807, 2.05) is 6.07 Å². The number of anilines is 2. The molecule has 1 aliphatic carbocycles. The van der Waals surface area contributed by atoms with E-state index in [0.29, 0.717) is 17.6 Å². The Kier molecular flexibility index (Phi) is 5.04. The van der Waals surface area contributed by atoms with E-state index in [4.69, 9.17) is 5.73 Å². The van der Waals surface area contributed by atoms with Crippen LogP contribution in [0.15, 0.2) is 18.2 Å². The van der Waals surface area contributed by atoms with Crippen LogP contribution in [0, 0.1) is 16.0 Å². The van der Waals surface area contributed by atoms with Gasteiger partial charge in [-0.05, 0) is 31.2 Å². The van der Waals surface area contributed by atoms with Gasteiger partial charge in [-0.1, -0.05) is 26.7 Å². The molecule has 21 heavy (non-hydrogen) atoms. The molecule has 116 valence electrons.